The maximum atomic E-state index is 13.3. The van der Waals surface area contributed by atoms with Crippen molar-refractivity contribution in [3.8, 4) is 0 Å². The summed E-state index contributed by atoms with van der Waals surface area (Å²) in [4.78, 5) is 22.6. The van der Waals surface area contributed by atoms with Crippen LogP contribution in [0.4, 0.5) is 0 Å². The van der Waals surface area contributed by atoms with Crippen molar-refractivity contribution in [3.63, 3.8) is 0 Å². The second-order valence-corrected chi connectivity index (χ2v) is 7.45. The van der Waals surface area contributed by atoms with Crippen molar-refractivity contribution in [1.82, 2.24) is 14.8 Å². The lowest BCUT2D eigenvalue weighted by atomic mass is 9.98. The number of piperidine rings is 1. The highest BCUT2D eigenvalue weighted by molar-refractivity contribution is 6.06. The van der Waals surface area contributed by atoms with E-state index < -0.39 is 0 Å². The number of hydrogen-bond acceptors (Lipinski definition) is 3. The van der Waals surface area contributed by atoms with Crippen LogP contribution in [0.1, 0.15) is 47.8 Å². The second-order valence-electron chi connectivity index (χ2n) is 7.45. The lowest BCUT2D eigenvalue weighted by Crippen LogP contribution is -2.56. The Morgan fingerprint density at radius 2 is 2.08 bits per heavy atom. The minimum atomic E-state index is 0.175. The van der Waals surface area contributed by atoms with E-state index in [9.17, 15) is 4.79 Å². The quantitative estimate of drug-likeness (QED) is 0.842. The number of pyridine rings is 1. The SMILES string of the molecule is CCc1ccc2nc(C)cc(C(=O)N3CCN4CCCCC4C3)c2c1. The zero-order chi connectivity index (χ0) is 17.4. The Balaban J connectivity index is 1.67. The van der Waals surface area contributed by atoms with Gasteiger partial charge < -0.3 is 4.90 Å². The molecule has 0 saturated carbocycles. The molecule has 0 spiro atoms. The van der Waals surface area contributed by atoms with Crippen LogP contribution in [0.25, 0.3) is 10.9 Å². The summed E-state index contributed by atoms with van der Waals surface area (Å²) in [6.45, 7) is 8.04. The number of fused-ring (bicyclic) bond motifs is 2. The molecule has 4 rings (SSSR count). The van der Waals surface area contributed by atoms with E-state index in [0.29, 0.717) is 6.04 Å². The molecule has 2 aliphatic rings. The van der Waals surface area contributed by atoms with Crippen molar-refractivity contribution in [2.75, 3.05) is 26.2 Å². The van der Waals surface area contributed by atoms with Crippen molar-refractivity contribution in [2.24, 2.45) is 0 Å². The Morgan fingerprint density at radius 1 is 1.20 bits per heavy atom. The molecule has 2 aromatic rings. The van der Waals surface area contributed by atoms with Crippen LogP contribution in [-0.2, 0) is 6.42 Å². The summed E-state index contributed by atoms with van der Waals surface area (Å²) in [5.74, 6) is 0.175. The fourth-order valence-corrected chi connectivity index (χ4v) is 4.31. The van der Waals surface area contributed by atoms with Crippen molar-refractivity contribution >= 4 is 16.8 Å². The molecule has 0 N–H and O–H groups in total. The van der Waals surface area contributed by atoms with Crippen molar-refractivity contribution in [1.29, 1.82) is 0 Å². The molecule has 1 aromatic carbocycles. The lowest BCUT2D eigenvalue weighted by Gasteiger charge is -2.44. The maximum Gasteiger partial charge on any atom is 0.254 e. The zero-order valence-electron chi connectivity index (χ0n) is 15.3. The highest BCUT2D eigenvalue weighted by Crippen LogP contribution is 2.25. The molecule has 1 unspecified atom stereocenters. The normalized spacial score (nSPS) is 21.4. The molecule has 3 heterocycles. The Hall–Kier alpha value is -1.94. The lowest BCUT2D eigenvalue weighted by molar-refractivity contribution is 0.0374. The summed E-state index contributed by atoms with van der Waals surface area (Å²) >= 11 is 0. The number of hydrogen-bond donors (Lipinski definition) is 0. The highest BCUT2D eigenvalue weighted by Gasteiger charge is 2.31. The largest absolute Gasteiger partial charge is 0.336 e. The first-order chi connectivity index (χ1) is 12.2. The second kappa shape index (κ2) is 6.75. The topological polar surface area (TPSA) is 36.4 Å². The predicted octanol–water partition coefficient (Wildman–Crippen LogP) is 3.42. The summed E-state index contributed by atoms with van der Waals surface area (Å²) in [6.07, 6.45) is 4.79. The molecule has 2 fully saturated rings. The van der Waals surface area contributed by atoms with Crippen LogP contribution in [0.15, 0.2) is 24.3 Å². The summed E-state index contributed by atoms with van der Waals surface area (Å²) in [5, 5.41) is 1.00. The maximum absolute atomic E-state index is 13.3. The third-order valence-electron chi connectivity index (χ3n) is 5.76. The molecule has 132 valence electrons. The molecular weight excluding hydrogens is 310 g/mol. The number of carbonyl (C=O) groups excluding carboxylic acids is 1. The van der Waals surface area contributed by atoms with Crippen LogP contribution in [0.3, 0.4) is 0 Å². The first-order valence-corrected chi connectivity index (χ1v) is 9.59. The Labute approximate surface area is 149 Å². The Bertz CT molecular complexity index is 801. The molecule has 2 aliphatic heterocycles. The molecule has 25 heavy (non-hydrogen) atoms. The van der Waals surface area contributed by atoms with Gasteiger partial charge in [-0.2, -0.15) is 0 Å². The van der Waals surface area contributed by atoms with Gasteiger partial charge in [-0.15, -0.1) is 0 Å². The molecule has 4 heteroatoms. The van der Waals surface area contributed by atoms with Gasteiger partial charge in [-0.1, -0.05) is 19.4 Å². The van der Waals surface area contributed by atoms with E-state index in [1.807, 2.05) is 13.0 Å². The van der Waals surface area contributed by atoms with Gasteiger partial charge in [-0.3, -0.25) is 14.7 Å². The summed E-state index contributed by atoms with van der Waals surface area (Å²) in [7, 11) is 0. The predicted molar refractivity (Wildman–Crippen MR) is 101 cm³/mol. The number of carbonyl (C=O) groups is 1. The molecule has 0 bridgehead atoms. The van der Waals surface area contributed by atoms with Gasteiger partial charge in [-0.25, -0.2) is 0 Å². The number of amides is 1. The van der Waals surface area contributed by atoms with Crippen LogP contribution >= 0.6 is 0 Å². The van der Waals surface area contributed by atoms with E-state index in [-0.39, 0.29) is 5.91 Å². The molecular formula is C21H27N3O. The van der Waals surface area contributed by atoms with Crippen LogP contribution < -0.4 is 0 Å². The number of piperazine rings is 1. The molecule has 1 amide bonds. The summed E-state index contributed by atoms with van der Waals surface area (Å²) in [5.41, 5.74) is 3.92. The average Bonchev–Trinajstić information content (AvgIpc) is 2.66. The highest BCUT2D eigenvalue weighted by atomic mass is 16.2. The third kappa shape index (κ3) is 3.15. The van der Waals surface area contributed by atoms with Crippen LogP contribution in [-0.4, -0.2) is 52.9 Å². The Kier molecular flexibility index (Phi) is 4.46. The number of benzene rings is 1. The first-order valence-electron chi connectivity index (χ1n) is 9.59. The summed E-state index contributed by atoms with van der Waals surface area (Å²) < 4.78 is 0. The van der Waals surface area contributed by atoms with E-state index >= 15 is 0 Å². The third-order valence-corrected chi connectivity index (χ3v) is 5.76. The first kappa shape index (κ1) is 16.5. The van der Waals surface area contributed by atoms with E-state index in [4.69, 9.17) is 0 Å². The zero-order valence-corrected chi connectivity index (χ0v) is 15.3. The van der Waals surface area contributed by atoms with Crippen LogP contribution in [0, 0.1) is 6.92 Å². The molecule has 1 atom stereocenters. The minimum absolute atomic E-state index is 0.175. The number of aryl methyl sites for hydroxylation is 2. The van der Waals surface area contributed by atoms with Gasteiger partial charge in [0.25, 0.3) is 5.91 Å². The monoisotopic (exact) mass is 337 g/mol. The van der Waals surface area contributed by atoms with Gasteiger partial charge in [0.15, 0.2) is 0 Å². The van der Waals surface area contributed by atoms with Gasteiger partial charge in [0.05, 0.1) is 11.1 Å². The van der Waals surface area contributed by atoms with Crippen LogP contribution in [0.5, 0.6) is 0 Å². The molecule has 0 radical (unpaired) electrons. The number of aromatic nitrogens is 1. The van der Waals surface area contributed by atoms with Gasteiger partial charge in [-0.05, 0) is 56.5 Å². The van der Waals surface area contributed by atoms with Gasteiger partial charge in [0.2, 0.25) is 0 Å². The van der Waals surface area contributed by atoms with E-state index in [1.165, 1.54) is 31.4 Å². The van der Waals surface area contributed by atoms with Gasteiger partial charge in [0.1, 0.15) is 0 Å². The van der Waals surface area contributed by atoms with Crippen molar-refractivity contribution in [3.05, 3.63) is 41.1 Å². The average molecular weight is 337 g/mol. The fourth-order valence-electron chi connectivity index (χ4n) is 4.31. The van der Waals surface area contributed by atoms with E-state index in [0.717, 1.165) is 48.2 Å². The van der Waals surface area contributed by atoms with Gasteiger partial charge >= 0.3 is 0 Å². The standard InChI is InChI=1S/C21H27N3O/c1-3-16-7-8-20-18(13-16)19(12-15(2)22-20)21(25)24-11-10-23-9-5-4-6-17(23)14-24/h7-8,12-13,17H,3-6,9-11,14H2,1-2H3. The van der Waals surface area contributed by atoms with Crippen molar-refractivity contribution < 1.29 is 4.79 Å². The fraction of sp³-hybridized carbons (Fsp3) is 0.524. The molecule has 1 aromatic heterocycles. The molecule has 4 nitrogen and oxygen atoms in total. The number of rotatable bonds is 2. The summed E-state index contributed by atoms with van der Waals surface area (Å²) in [6, 6.07) is 8.83. The minimum Gasteiger partial charge on any atom is -0.336 e. The Morgan fingerprint density at radius 3 is 2.92 bits per heavy atom. The van der Waals surface area contributed by atoms with Crippen molar-refractivity contribution in [2.45, 2.75) is 45.6 Å². The van der Waals surface area contributed by atoms with Crippen LogP contribution in [0.2, 0.25) is 0 Å². The van der Waals surface area contributed by atoms with Gasteiger partial charge in [0, 0.05) is 36.8 Å². The molecule has 2 saturated heterocycles. The van der Waals surface area contributed by atoms with E-state index in [2.05, 4.69) is 39.9 Å². The smallest absolute Gasteiger partial charge is 0.254 e. The van der Waals surface area contributed by atoms with E-state index in [1.54, 1.807) is 0 Å². The molecule has 0 aliphatic carbocycles. The number of nitrogens with zero attached hydrogens (tertiary/aromatic N) is 3.